The van der Waals surface area contributed by atoms with Crippen molar-refractivity contribution >= 4 is 28.6 Å². The van der Waals surface area contributed by atoms with Crippen molar-refractivity contribution in [1.82, 2.24) is 25.1 Å². The summed E-state index contributed by atoms with van der Waals surface area (Å²) in [5, 5.41) is 3.92. The highest BCUT2D eigenvalue weighted by Crippen LogP contribution is 2.36. The summed E-state index contributed by atoms with van der Waals surface area (Å²) in [5.74, 6) is -3.59. The molecular formula is C32H29F2N5O5. The molecular weight excluding hydrogens is 572 g/mol. The molecule has 3 aliphatic rings. The summed E-state index contributed by atoms with van der Waals surface area (Å²) in [6, 6.07) is 10.7. The third-order valence-electron chi connectivity index (χ3n) is 8.55. The highest BCUT2D eigenvalue weighted by atomic mass is 19.1. The molecule has 2 aromatic carbocycles. The summed E-state index contributed by atoms with van der Waals surface area (Å²) in [6.07, 6.45) is 3.58. The number of hydrogen-bond donors (Lipinski definition) is 2. The van der Waals surface area contributed by atoms with Crippen LogP contribution in [0.1, 0.15) is 41.0 Å². The number of aromatic nitrogens is 2. The quantitative estimate of drug-likeness (QED) is 0.348. The first-order valence-corrected chi connectivity index (χ1v) is 14.4. The summed E-state index contributed by atoms with van der Waals surface area (Å²) < 4.78 is 39.6. The van der Waals surface area contributed by atoms with Gasteiger partial charge in [-0.1, -0.05) is 6.07 Å². The normalized spacial score (nSPS) is 19.6. The zero-order chi connectivity index (χ0) is 30.6. The first kappa shape index (κ1) is 28.1. The molecule has 44 heavy (non-hydrogen) atoms. The molecule has 2 saturated heterocycles. The standard InChI is InChI=1S/C32H29F2N5O5/c1-18(27-11-20-14-35-7-6-26(20)37-27)36-30(41)28-13-32(43-8-9-44-32)17-39(28)29(40)16-38-15-21-10-19(2-4-24(21)31(38)42)23-5-3-22(33)12-25(23)34/h2-7,10-12,14,18,28,37H,8-9,13,15-17H2,1H3,(H,36,41)/t18-,28?/m1/s1. The number of hydrogen-bond acceptors (Lipinski definition) is 6. The SMILES string of the molecule is C[C@@H](NC(=O)C1CC2(CN1C(=O)CN1Cc3cc(-c4ccc(F)cc4F)ccc3C1=O)OCCO2)c1cc2cnccc2[nH]1. The summed E-state index contributed by atoms with van der Waals surface area (Å²) in [7, 11) is 0. The first-order valence-electron chi connectivity index (χ1n) is 14.4. The van der Waals surface area contributed by atoms with Crippen molar-refractivity contribution in [1.29, 1.82) is 0 Å². The van der Waals surface area contributed by atoms with Gasteiger partial charge in [0.25, 0.3) is 5.91 Å². The van der Waals surface area contributed by atoms with E-state index in [1.807, 2.05) is 19.1 Å². The highest BCUT2D eigenvalue weighted by Gasteiger charge is 2.53. The number of halogens is 2. The van der Waals surface area contributed by atoms with Gasteiger partial charge in [-0.15, -0.1) is 0 Å². The van der Waals surface area contributed by atoms with E-state index in [0.29, 0.717) is 29.9 Å². The van der Waals surface area contributed by atoms with Crippen molar-refractivity contribution in [2.24, 2.45) is 0 Å². The molecule has 4 aromatic rings. The molecule has 3 aliphatic heterocycles. The van der Waals surface area contributed by atoms with Gasteiger partial charge in [0.15, 0.2) is 5.79 Å². The fourth-order valence-electron chi connectivity index (χ4n) is 6.31. The molecule has 0 aliphatic carbocycles. The number of nitrogens with one attached hydrogen (secondary N) is 2. The Morgan fingerprint density at radius 2 is 1.91 bits per heavy atom. The highest BCUT2D eigenvalue weighted by molar-refractivity contribution is 6.01. The predicted octanol–water partition coefficient (Wildman–Crippen LogP) is 3.69. The number of rotatable bonds is 6. The van der Waals surface area contributed by atoms with Crippen LogP contribution >= 0.6 is 0 Å². The maximum absolute atomic E-state index is 14.4. The summed E-state index contributed by atoms with van der Waals surface area (Å²) in [6.45, 7) is 2.48. The van der Waals surface area contributed by atoms with Crippen molar-refractivity contribution in [2.75, 3.05) is 26.3 Å². The zero-order valence-electron chi connectivity index (χ0n) is 23.8. The minimum Gasteiger partial charge on any atom is -0.357 e. The average Bonchev–Trinajstić information content (AvgIpc) is 3.79. The molecule has 5 heterocycles. The molecule has 7 rings (SSSR count). The Morgan fingerprint density at radius 1 is 1.11 bits per heavy atom. The van der Waals surface area contributed by atoms with E-state index in [4.69, 9.17) is 9.47 Å². The summed E-state index contributed by atoms with van der Waals surface area (Å²) in [4.78, 5) is 50.8. The molecule has 1 unspecified atom stereocenters. The lowest BCUT2D eigenvalue weighted by atomic mass is 10.00. The largest absolute Gasteiger partial charge is 0.357 e. The number of aromatic amines is 1. The molecule has 0 saturated carbocycles. The molecule has 0 radical (unpaired) electrons. The van der Waals surface area contributed by atoms with Crippen molar-refractivity contribution in [2.45, 2.75) is 37.8 Å². The Labute approximate surface area is 250 Å². The monoisotopic (exact) mass is 601 g/mol. The number of carbonyl (C=O) groups is 3. The number of benzene rings is 2. The summed E-state index contributed by atoms with van der Waals surface area (Å²) >= 11 is 0. The van der Waals surface area contributed by atoms with Crippen LogP contribution in [0, 0.1) is 11.6 Å². The van der Waals surface area contributed by atoms with Crippen LogP contribution in [0.25, 0.3) is 22.0 Å². The minimum atomic E-state index is -1.08. The van der Waals surface area contributed by atoms with E-state index in [-0.39, 0.29) is 49.5 Å². The molecule has 2 N–H and O–H groups in total. The topological polar surface area (TPSA) is 117 Å². The number of amides is 3. The van der Waals surface area contributed by atoms with Gasteiger partial charge in [-0.05, 0) is 54.4 Å². The lowest BCUT2D eigenvalue weighted by Crippen LogP contribution is -2.49. The van der Waals surface area contributed by atoms with Gasteiger partial charge >= 0.3 is 0 Å². The number of pyridine rings is 1. The van der Waals surface area contributed by atoms with Crippen LogP contribution in [-0.2, 0) is 25.6 Å². The van der Waals surface area contributed by atoms with E-state index in [1.165, 1.54) is 21.9 Å². The van der Waals surface area contributed by atoms with Gasteiger partial charge in [-0.3, -0.25) is 19.4 Å². The fraction of sp³-hybridized carbons (Fsp3) is 0.312. The van der Waals surface area contributed by atoms with Gasteiger partial charge in [0, 0.05) is 59.1 Å². The van der Waals surface area contributed by atoms with Gasteiger partial charge in [0.05, 0.1) is 25.8 Å². The van der Waals surface area contributed by atoms with Crippen LogP contribution in [0.3, 0.4) is 0 Å². The molecule has 2 fully saturated rings. The number of H-pyrrole nitrogens is 1. The molecule has 0 bridgehead atoms. The zero-order valence-corrected chi connectivity index (χ0v) is 23.8. The fourth-order valence-corrected chi connectivity index (χ4v) is 6.31. The Kier molecular flexibility index (Phi) is 6.90. The van der Waals surface area contributed by atoms with Crippen LogP contribution in [0.2, 0.25) is 0 Å². The van der Waals surface area contributed by atoms with Gasteiger partial charge in [-0.2, -0.15) is 0 Å². The lowest BCUT2D eigenvalue weighted by molar-refractivity contribution is -0.152. The van der Waals surface area contributed by atoms with Crippen LogP contribution in [0.4, 0.5) is 8.78 Å². The molecule has 12 heteroatoms. The van der Waals surface area contributed by atoms with Crippen molar-refractivity contribution < 1.29 is 32.6 Å². The van der Waals surface area contributed by atoms with Gasteiger partial charge in [0.2, 0.25) is 11.8 Å². The number of likely N-dealkylation sites (tertiary alicyclic amines) is 1. The second kappa shape index (κ2) is 10.8. The van der Waals surface area contributed by atoms with E-state index >= 15 is 0 Å². The smallest absolute Gasteiger partial charge is 0.254 e. The number of nitrogens with zero attached hydrogens (tertiary/aromatic N) is 3. The van der Waals surface area contributed by atoms with Crippen molar-refractivity contribution in [3.8, 4) is 11.1 Å². The van der Waals surface area contributed by atoms with E-state index in [9.17, 15) is 23.2 Å². The molecule has 3 amide bonds. The van der Waals surface area contributed by atoms with E-state index in [2.05, 4.69) is 15.3 Å². The Hall–Kier alpha value is -4.68. The Bertz CT molecular complexity index is 1770. The summed E-state index contributed by atoms with van der Waals surface area (Å²) in [5.41, 5.74) is 3.42. The average molecular weight is 602 g/mol. The maximum atomic E-state index is 14.4. The number of carbonyl (C=O) groups excluding carboxylic acids is 3. The lowest BCUT2D eigenvalue weighted by Gasteiger charge is -2.27. The second-order valence-electron chi connectivity index (χ2n) is 11.4. The molecule has 1 spiro atoms. The minimum absolute atomic E-state index is 0.0549. The van der Waals surface area contributed by atoms with Crippen LogP contribution in [-0.4, -0.2) is 75.6 Å². The maximum Gasteiger partial charge on any atom is 0.254 e. The second-order valence-corrected chi connectivity index (χ2v) is 11.4. The Balaban J connectivity index is 1.07. The van der Waals surface area contributed by atoms with E-state index in [0.717, 1.165) is 22.7 Å². The van der Waals surface area contributed by atoms with Gasteiger partial charge in [0.1, 0.15) is 24.2 Å². The first-order chi connectivity index (χ1) is 21.2. The third kappa shape index (κ3) is 4.99. The third-order valence-corrected chi connectivity index (χ3v) is 8.55. The van der Waals surface area contributed by atoms with Gasteiger partial charge in [-0.25, -0.2) is 8.78 Å². The molecule has 2 aromatic heterocycles. The molecule has 10 nitrogen and oxygen atoms in total. The number of fused-ring (bicyclic) bond motifs is 2. The van der Waals surface area contributed by atoms with Crippen molar-refractivity contribution in [3.63, 3.8) is 0 Å². The van der Waals surface area contributed by atoms with Crippen LogP contribution < -0.4 is 5.32 Å². The number of ether oxygens (including phenoxy) is 2. The molecule has 226 valence electrons. The molecule has 2 atom stereocenters. The van der Waals surface area contributed by atoms with E-state index < -0.39 is 29.4 Å². The Morgan fingerprint density at radius 3 is 2.68 bits per heavy atom. The van der Waals surface area contributed by atoms with Gasteiger partial charge < -0.3 is 29.6 Å². The predicted molar refractivity (Wildman–Crippen MR) is 154 cm³/mol. The van der Waals surface area contributed by atoms with Crippen molar-refractivity contribution in [3.05, 3.63) is 89.4 Å². The van der Waals surface area contributed by atoms with Crippen LogP contribution in [0.15, 0.2) is 60.9 Å². The van der Waals surface area contributed by atoms with Crippen LogP contribution in [0.5, 0.6) is 0 Å². The van der Waals surface area contributed by atoms with E-state index in [1.54, 1.807) is 30.6 Å².